The Hall–Kier alpha value is -1.78. The van der Waals surface area contributed by atoms with Gasteiger partial charge in [-0.3, -0.25) is 0 Å². The standard InChI is InChI=1S/C16H25O5/c1-6-17-12-11-13(18-7-2)15(20-9-4)16(21-10-5)14(12)19-8-3/h6-10H2,1-5H3. The van der Waals surface area contributed by atoms with Gasteiger partial charge in [-0.2, -0.15) is 0 Å². The molecule has 0 aromatic heterocycles. The van der Waals surface area contributed by atoms with E-state index in [1.54, 1.807) is 0 Å². The molecular formula is C16H25O5. The summed E-state index contributed by atoms with van der Waals surface area (Å²) in [7, 11) is 0. The van der Waals surface area contributed by atoms with Crippen molar-refractivity contribution in [1.82, 2.24) is 0 Å². The number of benzene rings is 1. The predicted molar refractivity (Wildman–Crippen MR) is 81.1 cm³/mol. The maximum Gasteiger partial charge on any atom is 0.211 e. The van der Waals surface area contributed by atoms with E-state index in [4.69, 9.17) is 23.7 Å². The van der Waals surface area contributed by atoms with Crippen molar-refractivity contribution < 1.29 is 23.7 Å². The van der Waals surface area contributed by atoms with Crippen LogP contribution in [0.1, 0.15) is 34.6 Å². The monoisotopic (exact) mass is 297 g/mol. The first-order valence-electron chi connectivity index (χ1n) is 7.50. The van der Waals surface area contributed by atoms with Gasteiger partial charge in [-0.15, -0.1) is 0 Å². The molecule has 0 fully saturated rings. The van der Waals surface area contributed by atoms with Gasteiger partial charge in [0.15, 0.2) is 11.5 Å². The van der Waals surface area contributed by atoms with E-state index in [9.17, 15) is 0 Å². The highest BCUT2D eigenvalue weighted by molar-refractivity contribution is 5.65. The highest BCUT2D eigenvalue weighted by atomic mass is 16.6. The minimum Gasteiger partial charge on any atom is -0.489 e. The first kappa shape index (κ1) is 17.3. The van der Waals surface area contributed by atoms with Crippen LogP contribution in [0.15, 0.2) is 0 Å². The van der Waals surface area contributed by atoms with Crippen LogP contribution in [0.2, 0.25) is 0 Å². The van der Waals surface area contributed by atoms with Gasteiger partial charge in [0.05, 0.1) is 39.1 Å². The number of rotatable bonds is 10. The Bertz CT molecular complexity index is 397. The predicted octanol–water partition coefficient (Wildman–Crippen LogP) is 3.48. The molecule has 5 heteroatoms. The van der Waals surface area contributed by atoms with Crippen LogP contribution in [0.25, 0.3) is 0 Å². The summed E-state index contributed by atoms with van der Waals surface area (Å²) in [6, 6.07) is 3.08. The van der Waals surface area contributed by atoms with E-state index < -0.39 is 0 Å². The van der Waals surface area contributed by atoms with Crippen molar-refractivity contribution in [2.45, 2.75) is 34.6 Å². The molecule has 0 heterocycles. The molecule has 0 unspecified atom stereocenters. The number of hydrogen-bond donors (Lipinski definition) is 0. The lowest BCUT2D eigenvalue weighted by Crippen LogP contribution is -2.07. The maximum absolute atomic E-state index is 5.72. The van der Waals surface area contributed by atoms with Crippen molar-refractivity contribution in [3.05, 3.63) is 6.07 Å². The number of hydrogen-bond acceptors (Lipinski definition) is 5. The quantitative estimate of drug-likeness (QED) is 0.661. The largest absolute Gasteiger partial charge is 0.489 e. The summed E-state index contributed by atoms with van der Waals surface area (Å²) in [5.74, 6) is 2.48. The molecule has 0 bridgehead atoms. The van der Waals surface area contributed by atoms with Gasteiger partial charge in [-0.05, 0) is 34.6 Å². The van der Waals surface area contributed by atoms with E-state index in [0.717, 1.165) is 0 Å². The molecule has 0 aliphatic carbocycles. The molecule has 0 amide bonds. The van der Waals surface area contributed by atoms with E-state index in [2.05, 4.69) is 6.07 Å². The zero-order valence-corrected chi connectivity index (χ0v) is 13.6. The van der Waals surface area contributed by atoms with Gasteiger partial charge in [-0.25, -0.2) is 0 Å². The van der Waals surface area contributed by atoms with Crippen LogP contribution in [0.5, 0.6) is 28.7 Å². The Morgan fingerprint density at radius 1 is 0.524 bits per heavy atom. The highest BCUT2D eigenvalue weighted by Crippen LogP contribution is 2.50. The highest BCUT2D eigenvalue weighted by Gasteiger charge is 2.24. The normalized spacial score (nSPS) is 10.1. The molecule has 21 heavy (non-hydrogen) atoms. The van der Waals surface area contributed by atoms with Gasteiger partial charge in [0.25, 0.3) is 0 Å². The van der Waals surface area contributed by atoms with E-state index >= 15 is 0 Å². The Balaban J connectivity index is 3.44. The second-order valence-corrected chi connectivity index (χ2v) is 3.94. The molecule has 0 saturated carbocycles. The molecule has 0 atom stereocenters. The Labute approximate surface area is 127 Å². The summed E-state index contributed by atoms with van der Waals surface area (Å²) in [5, 5.41) is 0. The molecular weight excluding hydrogens is 272 g/mol. The van der Waals surface area contributed by atoms with Crippen LogP contribution >= 0.6 is 0 Å². The lowest BCUT2D eigenvalue weighted by Gasteiger charge is -2.20. The lowest BCUT2D eigenvalue weighted by atomic mass is 10.2. The first-order valence-corrected chi connectivity index (χ1v) is 7.50. The molecule has 5 nitrogen and oxygen atoms in total. The SMILES string of the molecule is CCOc1[c]c(OCC)c(OCC)c(OCC)c1OCC. The van der Waals surface area contributed by atoms with Gasteiger partial charge in [-0.1, -0.05) is 0 Å². The van der Waals surface area contributed by atoms with Crippen LogP contribution in [0.4, 0.5) is 0 Å². The molecule has 0 spiro atoms. The summed E-state index contributed by atoms with van der Waals surface area (Å²) in [4.78, 5) is 0. The topological polar surface area (TPSA) is 46.2 Å². The van der Waals surface area contributed by atoms with Crippen LogP contribution in [0.3, 0.4) is 0 Å². The van der Waals surface area contributed by atoms with Crippen molar-refractivity contribution in [2.75, 3.05) is 33.0 Å². The van der Waals surface area contributed by atoms with E-state index in [1.807, 2.05) is 34.6 Å². The fourth-order valence-electron chi connectivity index (χ4n) is 1.84. The van der Waals surface area contributed by atoms with E-state index in [1.165, 1.54) is 0 Å². The summed E-state index contributed by atoms with van der Waals surface area (Å²) >= 11 is 0. The van der Waals surface area contributed by atoms with Gasteiger partial charge >= 0.3 is 0 Å². The van der Waals surface area contributed by atoms with Crippen molar-refractivity contribution in [3.63, 3.8) is 0 Å². The van der Waals surface area contributed by atoms with Gasteiger partial charge in [0, 0.05) is 0 Å². The van der Waals surface area contributed by atoms with Crippen LogP contribution < -0.4 is 23.7 Å². The lowest BCUT2D eigenvalue weighted by molar-refractivity contribution is 0.230. The van der Waals surface area contributed by atoms with Crippen molar-refractivity contribution in [1.29, 1.82) is 0 Å². The zero-order chi connectivity index (χ0) is 15.7. The Kier molecular flexibility index (Phi) is 7.58. The van der Waals surface area contributed by atoms with Gasteiger partial charge in [0.2, 0.25) is 17.2 Å². The second-order valence-electron chi connectivity index (χ2n) is 3.94. The maximum atomic E-state index is 5.72. The summed E-state index contributed by atoms with van der Waals surface area (Å²) in [6.45, 7) is 12.0. The Morgan fingerprint density at radius 3 is 1.19 bits per heavy atom. The zero-order valence-electron chi connectivity index (χ0n) is 13.6. The summed E-state index contributed by atoms with van der Waals surface area (Å²) in [5.41, 5.74) is 0. The molecule has 1 aromatic rings. The third-order valence-electron chi connectivity index (χ3n) is 2.50. The average molecular weight is 297 g/mol. The van der Waals surface area contributed by atoms with Gasteiger partial charge in [0.1, 0.15) is 0 Å². The van der Waals surface area contributed by atoms with Gasteiger partial charge < -0.3 is 23.7 Å². The molecule has 0 aliphatic heterocycles. The second kappa shape index (κ2) is 9.21. The first-order chi connectivity index (χ1) is 10.2. The molecule has 1 aromatic carbocycles. The smallest absolute Gasteiger partial charge is 0.211 e. The number of ether oxygens (including phenoxy) is 5. The molecule has 0 saturated heterocycles. The van der Waals surface area contributed by atoms with Crippen LogP contribution in [-0.4, -0.2) is 33.0 Å². The van der Waals surface area contributed by atoms with E-state index in [-0.39, 0.29) is 0 Å². The van der Waals surface area contributed by atoms with Crippen LogP contribution in [0, 0.1) is 6.07 Å². The fraction of sp³-hybridized carbons (Fsp3) is 0.625. The third-order valence-corrected chi connectivity index (χ3v) is 2.50. The van der Waals surface area contributed by atoms with Crippen molar-refractivity contribution in [2.24, 2.45) is 0 Å². The average Bonchev–Trinajstić information content (AvgIpc) is 2.47. The third kappa shape index (κ3) is 4.34. The fourth-order valence-corrected chi connectivity index (χ4v) is 1.84. The molecule has 1 rings (SSSR count). The molecule has 1 radical (unpaired) electrons. The molecule has 119 valence electrons. The van der Waals surface area contributed by atoms with Crippen LogP contribution in [-0.2, 0) is 0 Å². The minimum absolute atomic E-state index is 0.481. The van der Waals surface area contributed by atoms with E-state index in [0.29, 0.717) is 61.8 Å². The van der Waals surface area contributed by atoms with Crippen molar-refractivity contribution in [3.8, 4) is 28.7 Å². The molecule has 0 N–H and O–H groups in total. The Morgan fingerprint density at radius 2 is 0.857 bits per heavy atom. The molecule has 0 aliphatic rings. The minimum atomic E-state index is 0.481. The summed E-state index contributed by atoms with van der Waals surface area (Å²) in [6.07, 6.45) is 0. The van der Waals surface area contributed by atoms with Crippen molar-refractivity contribution >= 4 is 0 Å². The summed E-state index contributed by atoms with van der Waals surface area (Å²) < 4.78 is 28.3.